The number of carbonyl (C=O) groups excluding carboxylic acids is 1. The van der Waals surface area contributed by atoms with Gasteiger partial charge in [0.15, 0.2) is 0 Å². The Bertz CT molecular complexity index is 654. The van der Waals surface area contributed by atoms with E-state index in [1.807, 2.05) is 0 Å². The lowest BCUT2D eigenvalue weighted by atomic mass is 10.2. The molecule has 1 heterocycles. The average Bonchev–Trinajstić information content (AvgIpc) is 2.62. The van der Waals surface area contributed by atoms with Gasteiger partial charge in [0.2, 0.25) is 10.0 Å². The van der Waals surface area contributed by atoms with E-state index in [0.717, 1.165) is 25.7 Å². The molecule has 0 bridgehead atoms. The lowest BCUT2D eigenvalue weighted by Crippen LogP contribution is -2.35. The minimum absolute atomic E-state index is 0.179. The lowest BCUT2D eigenvalue weighted by molar-refractivity contribution is 0.0779. The number of hydrogen-bond acceptors (Lipinski definition) is 4. The van der Waals surface area contributed by atoms with Crippen molar-refractivity contribution in [3.63, 3.8) is 0 Å². The number of ether oxygens (including phenoxy) is 1. The Labute approximate surface area is 144 Å². The van der Waals surface area contributed by atoms with E-state index in [1.54, 1.807) is 37.3 Å². The van der Waals surface area contributed by atoms with Gasteiger partial charge >= 0.3 is 0 Å². The highest BCUT2D eigenvalue weighted by atomic mass is 32.2. The fourth-order valence-corrected chi connectivity index (χ4v) is 4.38. The third-order valence-electron chi connectivity index (χ3n) is 4.22. The van der Waals surface area contributed by atoms with E-state index in [1.165, 1.54) is 10.4 Å². The number of benzene rings is 1. The maximum absolute atomic E-state index is 12.7. The molecule has 0 aromatic heterocycles. The van der Waals surface area contributed by atoms with Gasteiger partial charge in [0.1, 0.15) is 0 Å². The molecule has 1 saturated heterocycles. The van der Waals surface area contributed by atoms with Crippen LogP contribution in [0.25, 0.3) is 0 Å². The second-order valence-corrected chi connectivity index (χ2v) is 8.00. The van der Waals surface area contributed by atoms with E-state index in [2.05, 4.69) is 0 Å². The molecular formula is C17H26N2O4S. The number of methoxy groups -OCH3 is 1. The first kappa shape index (κ1) is 18.9. The quantitative estimate of drug-likeness (QED) is 0.702. The van der Waals surface area contributed by atoms with E-state index in [-0.39, 0.29) is 10.8 Å². The molecule has 1 aliphatic heterocycles. The molecule has 6 nitrogen and oxygen atoms in total. The average molecular weight is 354 g/mol. The van der Waals surface area contributed by atoms with Gasteiger partial charge in [-0.3, -0.25) is 4.79 Å². The maximum Gasteiger partial charge on any atom is 0.253 e. The predicted octanol–water partition coefficient (Wildman–Crippen LogP) is 1.97. The van der Waals surface area contributed by atoms with E-state index in [0.29, 0.717) is 31.8 Å². The highest BCUT2D eigenvalue weighted by Crippen LogP contribution is 2.21. The van der Waals surface area contributed by atoms with Gasteiger partial charge in [-0.15, -0.1) is 0 Å². The second kappa shape index (κ2) is 8.60. The van der Waals surface area contributed by atoms with Gasteiger partial charge in [-0.2, -0.15) is 4.31 Å². The van der Waals surface area contributed by atoms with Gasteiger partial charge in [0.05, 0.1) is 4.90 Å². The zero-order valence-electron chi connectivity index (χ0n) is 14.4. The zero-order chi connectivity index (χ0) is 17.6. The highest BCUT2D eigenvalue weighted by Gasteiger charge is 2.26. The van der Waals surface area contributed by atoms with Crippen molar-refractivity contribution in [1.82, 2.24) is 9.21 Å². The summed E-state index contributed by atoms with van der Waals surface area (Å²) in [5.41, 5.74) is 0.396. The Hall–Kier alpha value is -1.44. The highest BCUT2D eigenvalue weighted by molar-refractivity contribution is 7.89. The van der Waals surface area contributed by atoms with Crippen LogP contribution in [0, 0.1) is 0 Å². The fraction of sp³-hybridized carbons (Fsp3) is 0.588. The zero-order valence-corrected chi connectivity index (χ0v) is 15.2. The molecule has 0 saturated carbocycles. The van der Waals surface area contributed by atoms with Crippen LogP contribution in [0.1, 0.15) is 36.0 Å². The number of sulfonamides is 1. The largest absolute Gasteiger partial charge is 0.385 e. The van der Waals surface area contributed by atoms with Crippen LogP contribution in [-0.2, 0) is 14.8 Å². The number of hydrogen-bond donors (Lipinski definition) is 0. The van der Waals surface area contributed by atoms with Gasteiger partial charge in [0.25, 0.3) is 5.91 Å². The van der Waals surface area contributed by atoms with Gasteiger partial charge < -0.3 is 9.64 Å². The van der Waals surface area contributed by atoms with Crippen molar-refractivity contribution >= 4 is 15.9 Å². The molecule has 1 aliphatic rings. The van der Waals surface area contributed by atoms with Crippen molar-refractivity contribution in [2.24, 2.45) is 0 Å². The third-order valence-corrected chi connectivity index (χ3v) is 6.12. The van der Waals surface area contributed by atoms with Crippen LogP contribution < -0.4 is 0 Å². The van der Waals surface area contributed by atoms with Crippen LogP contribution in [0.2, 0.25) is 0 Å². The fourth-order valence-electron chi connectivity index (χ4n) is 2.81. The van der Waals surface area contributed by atoms with Gasteiger partial charge in [0, 0.05) is 46.0 Å². The molecule has 134 valence electrons. The molecule has 1 amide bonds. The summed E-state index contributed by atoms with van der Waals surface area (Å²) < 4.78 is 32.0. The van der Waals surface area contributed by atoms with E-state index in [9.17, 15) is 13.2 Å². The van der Waals surface area contributed by atoms with Crippen molar-refractivity contribution in [3.8, 4) is 0 Å². The lowest BCUT2D eigenvalue weighted by Gasteiger charge is -2.26. The van der Waals surface area contributed by atoms with Crippen molar-refractivity contribution in [3.05, 3.63) is 29.8 Å². The normalized spacial score (nSPS) is 16.1. The van der Waals surface area contributed by atoms with Crippen molar-refractivity contribution in [2.45, 2.75) is 30.6 Å². The molecule has 1 fully saturated rings. The minimum Gasteiger partial charge on any atom is -0.385 e. The van der Waals surface area contributed by atoms with E-state index in [4.69, 9.17) is 4.74 Å². The molecule has 2 rings (SSSR count). The first-order valence-electron chi connectivity index (χ1n) is 8.31. The Balaban J connectivity index is 2.14. The predicted molar refractivity (Wildman–Crippen MR) is 92.5 cm³/mol. The van der Waals surface area contributed by atoms with Crippen molar-refractivity contribution in [2.75, 3.05) is 40.4 Å². The van der Waals surface area contributed by atoms with Crippen LogP contribution in [0.3, 0.4) is 0 Å². The summed E-state index contributed by atoms with van der Waals surface area (Å²) >= 11 is 0. The van der Waals surface area contributed by atoms with Crippen LogP contribution in [0.15, 0.2) is 29.2 Å². The minimum atomic E-state index is -3.52. The summed E-state index contributed by atoms with van der Waals surface area (Å²) in [6.45, 7) is 2.26. The van der Waals surface area contributed by atoms with Gasteiger partial charge in [-0.25, -0.2) is 8.42 Å². The number of rotatable bonds is 7. The monoisotopic (exact) mass is 354 g/mol. The number of nitrogens with zero attached hydrogens (tertiary/aromatic N) is 2. The van der Waals surface area contributed by atoms with Crippen molar-refractivity contribution < 1.29 is 17.9 Å². The molecule has 0 spiro atoms. The number of amides is 1. The van der Waals surface area contributed by atoms with Crippen molar-refractivity contribution in [1.29, 1.82) is 0 Å². The van der Waals surface area contributed by atoms with E-state index >= 15 is 0 Å². The Morgan fingerprint density at radius 2 is 1.96 bits per heavy atom. The van der Waals surface area contributed by atoms with Gasteiger partial charge in [-0.1, -0.05) is 12.5 Å². The number of piperidine rings is 1. The summed E-state index contributed by atoms with van der Waals surface area (Å²) in [4.78, 5) is 14.3. The summed E-state index contributed by atoms with van der Waals surface area (Å²) in [6, 6.07) is 6.34. The number of carbonyl (C=O) groups is 1. The Morgan fingerprint density at radius 3 is 2.62 bits per heavy atom. The summed E-state index contributed by atoms with van der Waals surface area (Å²) in [5, 5.41) is 0. The summed E-state index contributed by atoms with van der Waals surface area (Å²) in [6.07, 6.45) is 3.58. The molecule has 24 heavy (non-hydrogen) atoms. The first-order valence-corrected chi connectivity index (χ1v) is 9.75. The van der Waals surface area contributed by atoms with Gasteiger partial charge in [-0.05, 0) is 37.5 Å². The topological polar surface area (TPSA) is 66.9 Å². The third kappa shape index (κ3) is 4.55. The Morgan fingerprint density at radius 1 is 1.25 bits per heavy atom. The summed E-state index contributed by atoms with van der Waals surface area (Å²) in [7, 11) is -0.188. The molecular weight excluding hydrogens is 328 g/mol. The standard InChI is InChI=1S/C17H26N2O4S/c1-18(10-7-13-23-2)17(20)15-8-6-9-16(14-15)24(21,22)19-11-4-3-5-12-19/h6,8-9,14H,3-5,7,10-13H2,1-2H3. The molecule has 0 unspecified atom stereocenters. The molecule has 1 aromatic rings. The Kier molecular flexibility index (Phi) is 6.77. The molecule has 1 aromatic carbocycles. The van der Waals surface area contributed by atoms with Crippen LogP contribution in [-0.4, -0.2) is 63.9 Å². The van der Waals surface area contributed by atoms with E-state index < -0.39 is 10.0 Å². The second-order valence-electron chi connectivity index (χ2n) is 6.07. The maximum atomic E-state index is 12.7. The summed E-state index contributed by atoms with van der Waals surface area (Å²) in [5.74, 6) is -0.179. The molecule has 0 atom stereocenters. The van der Waals surface area contributed by atoms with Crippen LogP contribution >= 0.6 is 0 Å². The SMILES string of the molecule is COCCCN(C)C(=O)c1cccc(S(=O)(=O)N2CCCCC2)c1. The van der Waals surface area contributed by atoms with Crippen LogP contribution in [0.4, 0.5) is 0 Å². The van der Waals surface area contributed by atoms with Crippen LogP contribution in [0.5, 0.6) is 0 Å². The first-order chi connectivity index (χ1) is 11.5. The molecule has 0 radical (unpaired) electrons. The molecule has 0 N–H and O–H groups in total. The molecule has 7 heteroatoms. The smallest absolute Gasteiger partial charge is 0.253 e. The molecule has 0 aliphatic carbocycles.